The molecule has 0 unspecified atom stereocenters. The van der Waals surface area contributed by atoms with Gasteiger partial charge in [-0.2, -0.15) is 5.10 Å². The SMILES string of the molecule is CC(C)Nc1nccc(-c2cn[nH]c2NCCO)n1. The number of rotatable bonds is 6. The van der Waals surface area contributed by atoms with E-state index in [9.17, 15) is 0 Å². The van der Waals surface area contributed by atoms with Crippen molar-refractivity contribution in [2.75, 3.05) is 23.8 Å². The van der Waals surface area contributed by atoms with Crippen molar-refractivity contribution in [3.8, 4) is 11.3 Å². The lowest BCUT2D eigenvalue weighted by Crippen LogP contribution is -2.12. The average molecular weight is 262 g/mol. The minimum absolute atomic E-state index is 0.0579. The van der Waals surface area contributed by atoms with E-state index in [0.717, 1.165) is 17.1 Å². The summed E-state index contributed by atoms with van der Waals surface area (Å²) in [6.45, 7) is 4.57. The molecule has 2 aromatic heterocycles. The maximum atomic E-state index is 8.84. The minimum Gasteiger partial charge on any atom is -0.395 e. The first-order chi connectivity index (χ1) is 9.20. The molecule has 0 amide bonds. The number of anilines is 2. The molecule has 0 saturated carbocycles. The lowest BCUT2D eigenvalue weighted by atomic mass is 10.2. The molecular weight excluding hydrogens is 244 g/mol. The highest BCUT2D eigenvalue weighted by Gasteiger charge is 2.10. The van der Waals surface area contributed by atoms with Crippen molar-refractivity contribution in [2.45, 2.75) is 19.9 Å². The number of nitrogens with one attached hydrogen (secondary N) is 3. The van der Waals surface area contributed by atoms with Crippen LogP contribution in [0.15, 0.2) is 18.5 Å². The van der Waals surface area contributed by atoms with Gasteiger partial charge in [-0.15, -0.1) is 0 Å². The van der Waals surface area contributed by atoms with Gasteiger partial charge in [0.2, 0.25) is 5.95 Å². The lowest BCUT2D eigenvalue weighted by Gasteiger charge is -2.09. The van der Waals surface area contributed by atoms with Gasteiger partial charge in [-0.3, -0.25) is 5.10 Å². The van der Waals surface area contributed by atoms with E-state index in [1.165, 1.54) is 0 Å². The third-order valence-corrected chi connectivity index (χ3v) is 2.40. The molecule has 7 nitrogen and oxygen atoms in total. The summed E-state index contributed by atoms with van der Waals surface area (Å²) in [5, 5.41) is 21.9. The number of aromatic nitrogens is 4. The van der Waals surface area contributed by atoms with Crippen molar-refractivity contribution in [1.82, 2.24) is 20.2 Å². The van der Waals surface area contributed by atoms with Crippen LogP contribution in [0.4, 0.5) is 11.8 Å². The summed E-state index contributed by atoms with van der Waals surface area (Å²) in [6.07, 6.45) is 3.40. The zero-order chi connectivity index (χ0) is 13.7. The molecule has 7 heteroatoms. The third-order valence-electron chi connectivity index (χ3n) is 2.40. The Bertz CT molecular complexity index is 524. The first-order valence-corrected chi connectivity index (χ1v) is 6.18. The van der Waals surface area contributed by atoms with Crippen LogP contribution in [0.3, 0.4) is 0 Å². The van der Waals surface area contributed by atoms with Crippen LogP contribution in [0.2, 0.25) is 0 Å². The lowest BCUT2D eigenvalue weighted by molar-refractivity contribution is 0.311. The zero-order valence-corrected chi connectivity index (χ0v) is 11.0. The number of hydrogen-bond donors (Lipinski definition) is 4. The molecule has 0 aliphatic heterocycles. The Morgan fingerprint density at radius 3 is 3.00 bits per heavy atom. The summed E-state index contributed by atoms with van der Waals surface area (Å²) in [4.78, 5) is 8.61. The summed E-state index contributed by atoms with van der Waals surface area (Å²) >= 11 is 0. The van der Waals surface area contributed by atoms with Crippen LogP contribution in [-0.2, 0) is 0 Å². The molecule has 2 rings (SSSR count). The highest BCUT2D eigenvalue weighted by atomic mass is 16.3. The Balaban J connectivity index is 2.23. The topological polar surface area (TPSA) is 98.8 Å². The predicted octanol–water partition coefficient (Wildman–Crippen LogP) is 1.09. The first-order valence-electron chi connectivity index (χ1n) is 6.18. The molecule has 0 bridgehead atoms. The zero-order valence-electron chi connectivity index (χ0n) is 11.0. The Hall–Kier alpha value is -2.15. The summed E-state index contributed by atoms with van der Waals surface area (Å²) in [5.41, 5.74) is 1.62. The van der Waals surface area contributed by atoms with Gasteiger partial charge < -0.3 is 15.7 Å². The summed E-state index contributed by atoms with van der Waals surface area (Å²) in [7, 11) is 0. The minimum atomic E-state index is 0.0579. The summed E-state index contributed by atoms with van der Waals surface area (Å²) < 4.78 is 0. The normalized spacial score (nSPS) is 10.7. The molecule has 0 fully saturated rings. The van der Waals surface area contributed by atoms with Gasteiger partial charge in [0.15, 0.2) is 0 Å². The van der Waals surface area contributed by atoms with Crippen molar-refractivity contribution >= 4 is 11.8 Å². The highest BCUT2D eigenvalue weighted by Crippen LogP contribution is 2.24. The molecule has 0 aromatic carbocycles. The molecular formula is C12H18N6O. The van der Waals surface area contributed by atoms with Crippen molar-refractivity contribution in [3.05, 3.63) is 18.5 Å². The quantitative estimate of drug-likeness (QED) is 0.622. The Kier molecular flexibility index (Phi) is 4.30. The molecule has 0 aliphatic rings. The van der Waals surface area contributed by atoms with E-state index in [1.807, 2.05) is 19.9 Å². The smallest absolute Gasteiger partial charge is 0.223 e. The van der Waals surface area contributed by atoms with Crippen LogP contribution >= 0.6 is 0 Å². The Morgan fingerprint density at radius 2 is 2.26 bits per heavy atom. The van der Waals surface area contributed by atoms with Crippen LogP contribution in [-0.4, -0.2) is 44.5 Å². The van der Waals surface area contributed by atoms with Crippen LogP contribution < -0.4 is 10.6 Å². The number of aliphatic hydroxyl groups is 1. The van der Waals surface area contributed by atoms with Crippen LogP contribution in [0.25, 0.3) is 11.3 Å². The third kappa shape index (κ3) is 3.41. The second kappa shape index (κ2) is 6.14. The number of nitrogens with zero attached hydrogens (tertiary/aromatic N) is 3. The molecule has 2 aromatic rings. The molecule has 0 spiro atoms. The van der Waals surface area contributed by atoms with Crippen molar-refractivity contribution < 1.29 is 5.11 Å². The van der Waals surface area contributed by atoms with Gasteiger partial charge in [0.25, 0.3) is 0 Å². The average Bonchev–Trinajstić information content (AvgIpc) is 2.84. The number of H-pyrrole nitrogens is 1. The highest BCUT2D eigenvalue weighted by molar-refractivity contribution is 5.72. The van der Waals surface area contributed by atoms with Gasteiger partial charge in [0.1, 0.15) is 5.82 Å². The number of hydrogen-bond acceptors (Lipinski definition) is 6. The number of aromatic amines is 1. The molecule has 0 saturated heterocycles. The van der Waals surface area contributed by atoms with Gasteiger partial charge >= 0.3 is 0 Å². The maximum absolute atomic E-state index is 8.84. The molecule has 102 valence electrons. The molecule has 0 atom stereocenters. The fourth-order valence-corrected chi connectivity index (χ4v) is 1.63. The second-order valence-corrected chi connectivity index (χ2v) is 4.37. The van der Waals surface area contributed by atoms with E-state index in [2.05, 4.69) is 30.8 Å². The fraction of sp³-hybridized carbons (Fsp3) is 0.417. The molecule has 0 aliphatic carbocycles. The summed E-state index contributed by atoms with van der Waals surface area (Å²) in [6, 6.07) is 2.09. The molecule has 19 heavy (non-hydrogen) atoms. The van der Waals surface area contributed by atoms with E-state index < -0.39 is 0 Å². The van der Waals surface area contributed by atoms with Crippen molar-refractivity contribution in [3.63, 3.8) is 0 Å². The van der Waals surface area contributed by atoms with E-state index in [-0.39, 0.29) is 12.6 Å². The first kappa shape index (κ1) is 13.3. The maximum Gasteiger partial charge on any atom is 0.223 e. The summed E-state index contributed by atoms with van der Waals surface area (Å²) in [5.74, 6) is 1.32. The van der Waals surface area contributed by atoms with Crippen molar-refractivity contribution in [1.29, 1.82) is 0 Å². The standard InChI is InChI=1S/C12H18N6O/c1-8(2)16-12-14-4-3-10(17-12)9-7-15-18-11(9)13-5-6-19/h3-4,7-8,19H,5-6H2,1-2H3,(H2,13,15,18)(H,14,16,17). The van der Waals surface area contributed by atoms with Crippen LogP contribution in [0, 0.1) is 0 Å². The van der Waals surface area contributed by atoms with E-state index in [0.29, 0.717) is 12.5 Å². The molecule has 4 N–H and O–H groups in total. The van der Waals surface area contributed by atoms with Crippen molar-refractivity contribution in [2.24, 2.45) is 0 Å². The van der Waals surface area contributed by atoms with Gasteiger partial charge in [0.05, 0.1) is 24.1 Å². The van der Waals surface area contributed by atoms with E-state index in [4.69, 9.17) is 5.11 Å². The van der Waals surface area contributed by atoms with E-state index >= 15 is 0 Å². The van der Waals surface area contributed by atoms with Crippen LogP contribution in [0.1, 0.15) is 13.8 Å². The van der Waals surface area contributed by atoms with Gasteiger partial charge in [-0.1, -0.05) is 0 Å². The van der Waals surface area contributed by atoms with Gasteiger partial charge in [-0.25, -0.2) is 9.97 Å². The second-order valence-electron chi connectivity index (χ2n) is 4.37. The monoisotopic (exact) mass is 262 g/mol. The number of aliphatic hydroxyl groups excluding tert-OH is 1. The van der Waals surface area contributed by atoms with E-state index in [1.54, 1.807) is 12.4 Å². The largest absolute Gasteiger partial charge is 0.395 e. The Labute approximate surface area is 111 Å². The van der Waals surface area contributed by atoms with Crippen LogP contribution in [0.5, 0.6) is 0 Å². The fourth-order valence-electron chi connectivity index (χ4n) is 1.63. The predicted molar refractivity (Wildman–Crippen MR) is 73.9 cm³/mol. The molecule has 0 radical (unpaired) electrons. The Morgan fingerprint density at radius 1 is 1.42 bits per heavy atom. The van der Waals surface area contributed by atoms with Gasteiger partial charge in [0, 0.05) is 18.8 Å². The molecule has 2 heterocycles. The van der Waals surface area contributed by atoms with Gasteiger partial charge in [-0.05, 0) is 19.9 Å².